The van der Waals surface area contributed by atoms with Crippen molar-refractivity contribution in [2.24, 2.45) is 34.5 Å². The summed E-state index contributed by atoms with van der Waals surface area (Å²) in [5, 5.41) is 23.5. The second-order valence-corrected chi connectivity index (χ2v) is 28.1. The Balaban J connectivity index is 1.40. The molecular formula is C56H90O4S. The Kier molecular flexibility index (Phi) is 12.4. The van der Waals surface area contributed by atoms with E-state index in [1.807, 2.05) is 11.8 Å². The van der Waals surface area contributed by atoms with Gasteiger partial charge in [-0.2, -0.15) is 11.8 Å². The molecule has 61 heavy (non-hydrogen) atoms. The van der Waals surface area contributed by atoms with Gasteiger partial charge in [0, 0.05) is 24.3 Å². The van der Waals surface area contributed by atoms with Gasteiger partial charge in [0.25, 0.3) is 0 Å². The highest BCUT2D eigenvalue weighted by atomic mass is 32.2. The van der Waals surface area contributed by atoms with E-state index in [0.29, 0.717) is 35.2 Å². The Labute approximate surface area is 378 Å². The van der Waals surface area contributed by atoms with E-state index in [9.17, 15) is 10.2 Å². The van der Waals surface area contributed by atoms with Gasteiger partial charge < -0.3 is 19.7 Å². The molecule has 4 fully saturated rings. The number of aromatic hydroxyl groups is 2. The number of hydrogen-bond acceptors (Lipinski definition) is 5. The molecule has 0 aromatic heterocycles. The number of rotatable bonds is 12. The molecular weight excluding hydrogens is 769 g/mol. The van der Waals surface area contributed by atoms with Crippen LogP contribution in [0.25, 0.3) is 0 Å². The van der Waals surface area contributed by atoms with Gasteiger partial charge in [0.2, 0.25) is 0 Å². The monoisotopic (exact) mass is 859 g/mol. The lowest BCUT2D eigenvalue weighted by Crippen LogP contribution is -2.46. The molecule has 4 aliphatic carbocycles. The predicted octanol–water partition coefficient (Wildman–Crippen LogP) is 14.8. The maximum atomic E-state index is 11.7. The summed E-state index contributed by atoms with van der Waals surface area (Å²) in [6, 6.07) is 9.13. The van der Waals surface area contributed by atoms with Crippen LogP contribution >= 0.6 is 11.8 Å². The van der Waals surface area contributed by atoms with Gasteiger partial charge in [0.05, 0.1) is 22.4 Å². The van der Waals surface area contributed by atoms with Gasteiger partial charge in [-0.1, -0.05) is 162 Å². The first-order chi connectivity index (χ1) is 27.5. The first kappa shape index (κ1) is 48.8. The second-order valence-electron chi connectivity index (χ2n) is 27.1. The van der Waals surface area contributed by atoms with E-state index >= 15 is 0 Å². The zero-order valence-corrected chi connectivity index (χ0v) is 43.6. The molecule has 0 saturated heterocycles. The lowest BCUT2D eigenvalue weighted by Gasteiger charge is -2.42. The van der Waals surface area contributed by atoms with E-state index in [4.69, 9.17) is 9.47 Å². The zero-order chi connectivity index (χ0) is 45.9. The van der Waals surface area contributed by atoms with E-state index in [-0.39, 0.29) is 43.7 Å². The molecule has 0 spiro atoms. The highest BCUT2D eigenvalue weighted by Crippen LogP contribution is 2.73. The lowest BCUT2D eigenvalue weighted by atomic mass is 9.77. The van der Waals surface area contributed by atoms with Gasteiger partial charge in [-0.15, -0.1) is 0 Å². The molecule has 4 nitrogen and oxygen atoms in total. The van der Waals surface area contributed by atoms with Crippen molar-refractivity contribution in [1.82, 2.24) is 0 Å². The number of benzene rings is 2. The molecule has 0 aliphatic heterocycles. The first-order valence-electron chi connectivity index (χ1n) is 24.2. The predicted molar refractivity (Wildman–Crippen MR) is 261 cm³/mol. The molecule has 2 N–H and O–H groups in total. The molecule has 2 aromatic rings. The summed E-state index contributed by atoms with van der Waals surface area (Å²) in [7, 11) is 0. The third-order valence-electron chi connectivity index (χ3n) is 16.5. The quantitative estimate of drug-likeness (QED) is 0.223. The highest BCUT2D eigenvalue weighted by molar-refractivity contribution is 7.99. The molecule has 0 radical (unpaired) electrons. The van der Waals surface area contributed by atoms with Crippen LogP contribution in [0.4, 0.5) is 0 Å². The van der Waals surface area contributed by atoms with Crippen LogP contribution in [-0.2, 0) is 44.0 Å². The van der Waals surface area contributed by atoms with Crippen LogP contribution in [-0.4, -0.2) is 44.1 Å². The van der Waals surface area contributed by atoms with Crippen molar-refractivity contribution in [3.8, 4) is 11.5 Å². The maximum absolute atomic E-state index is 11.7. The van der Waals surface area contributed by atoms with E-state index in [1.165, 1.54) is 36.8 Å². The number of thioether (sulfide) groups is 1. The third-order valence-corrected chi connectivity index (χ3v) is 18.1. The Morgan fingerprint density at radius 1 is 0.508 bits per heavy atom. The van der Waals surface area contributed by atoms with Crippen LogP contribution in [0, 0.1) is 34.5 Å². The van der Waals surface area contributed by atoms with Crippen molar-refractivity contribution >= 4 is 11.8 Å². The van der Waals surface area contributed by atoms with E-state index < -0.39 is 11.2 Å². The minimum atomic E-state index is -0.452. The summed E-state index contributed by atoms with van der Waals surface area (Å²) in [5.41, 5.74) is 4.86. The fraction of sp³-hybridized carbons (Fsp3) is 0.786. The van der Waals surface area contributed by atoms with Gasteiger partial charge in [0.15, 0.2) is 0 Å². The van der Waals surface area contributed by atoms with Crippen LogP contribution in [0.2, 0.25) is 0 Å². The fourth-order valence-electron chi connectivity index (χ4n) is 12.8. The number of phenols is 2. The van der Waals surface area contributed by atoms with Crippen LogP contribution in [0.1, 0.15) is 210 Å². The standard InChI is InChI=1S/C56H90O4S/c1-35-21-23-43-51(15,16)55(43,29-35)59-53(19,31-37-25-39(47(3,4)5)45(57)40(26-37)48(6,7)8)33-61-34-54(20,60-56-30-36(2)22-24-44(56)52(56,17)18)32-38-27-41(49(9,10)11)46(58)42(28-38)50(12,13)14/h25-28,35-36,43-44,57-58H,21-24,29-34H2,1-20H3. The molecule has 4 aliphatic rings. The van der Waals surface area contributed by atoms with Crippen molar-refractivity contribution in [1.29, 1.82) is 0 Å². The largest absolute Gasteiger partial charge is 0.507 e. The van der Waals surface area contributed by atoms with Gasteiger partial charge >= 0.3 is 0 Å². The SMILES string of the molecule is CC1CCC2C(C)(C)C2(OC(C)(CSCC(C)(Cc2cc(C(C)(C)C)c(O)c(C(C)(C)C)c2)OC23CC(C)CCC2C3(C)C)Cc2cc(C(C)(C)C)c(O)c(C(C)(C)C)c2)C1. The topological polar surface area (TPSA) is 58.9 Å². The van der Waals surface area contributed by atoms with Crippen LogP contribution in [0.5, 0.6) is 11.5 Å². The summed E-state index contributed by atoms with van der Waals surface area (Å²) < 4.78 is 15.7. The third kappa shape index (κ3) is 9.13. The molecule has 6 rings (SSSR count). The smallest absolute Gasteiger partial charge is 0.123 e. The molecule has 5 heteroatoms. The lowest BCUT2D eigenvalue weighted by molar-refractivity contribution is -0.122. The molecule has 8 atom stereocenters. The highest BCUT2D eigenvalue weighted by Gasteiger charge is 2.75. The number of ether oxygens (including phenoxy) is 2. The Hall–Kier alpha value is -1.69. The van der Waals surface area contributed by atoms with E-state index in [1.54, 1.807) is 0 Å². The molecule has 4 saturated carbocycles. The minimum absolute atomic E-state index is 0.127. The summed E-state index contributed by atoms with van der Waals surface area (Å²) >= 11 is 2.02. The van der Waals surface area contributed by atoms with E-state index in [0.717, 1.165) is 59.4 Å². The normalized spacial score (nSPS) is 30.5. The van der Waals surface area contributed by atoms with Crippen molar-refractivity contribution in [3.63, 3.8) is 0 Å². The number of phenolic OH excluding ortho intramolecular Hbond substituents is 2. The molecule has 344 valence electrons. The Morgan fingerprint density at radius 3 is 1.05 bits per heavy atom. The molecule has 0 amide bonds. The van der Waals surface area contributed by atoms with E-state index in [2.05, 4.69) is 163 Å². The molecule has 0 heterocycles. The molecule has 8 unspecified atom stereocenters. The van der Waals surface area contributed by atoms with Gasteiger partial charge in [-0.3, -0.25) is 0 Å². The average Bonchev–Trinajstić information content (AvgIpc) is 3.75. The maximum Gasteiger partial charge on any atom is 0.123 e. The van der Waals surface area contributed by atoms with Crippen molar-refractivity contribution in [2.75, 3.05) is 11.5 Å². The first-order valence-corrected chi connectivity index (χ1v) is 25.4. The van der Waals surface area contributed by atoms with Crippen molar-refractivity contribution in [3.05, 3.63) is 57.6 Å². The number of hydrogen-bond donors (Lipinski definition) is 2. The summed E-state index contributed by atoms with van der Waals surface area (Å²) in [6.45, 7) is 46.0. The van der Waals surface area contributed by atoms with Crippen LogP contribution < -0.4 is 0 Å². The van der Waals surface area contributed by atoms with Crippen molar-refractivity contribution < 1.29 is 19.7 Å². The fourth-order valence-corrected chi connectivity index (χ4v) is 14.1. The summed E-state index contributed by atoms with van der Waals surface area (Å²) in [5.74, 6) is 5.01. The minimum Gasteiger partial charge on any atom is -0.507 e. The summed E-state index contributed by atoms with van der Waals surface area (Å²) in [6.07, 6.45) is 8.83. The Morgan fingerprint density at radius 2 is 0.787 bits per heavy atom. The van der Waals surface area contributed by atoms with Gasteiger partial charge in [-0.25, -0.2) is 0 Å². The number of fused-ring (bicyclic) bond motifs is 2. The Bertz CT molecular complexity index is 1740. The average molecular weight is 859 g/mol. The molecule has 2 aromatic carbocycles. The van der Waals surface area contributed by atoms with Crippen LogP contribution in [0.15, 0.2) is 24.3 Å². The molecule has 0 bridgehead atoms. The summed E-state index contributed by atoms with van der Waals surface area (Å²) in [4.78, 5) is 0. The van der Waals surface area contributed by atoms with Gasteiger partial charge in [-0.05, 0) is 129 Å². The van der Waals surface area contributed by atoms with Crippen LogP contribution in [0.3, 0.4) is 0 Å². The van der Waals surface area contributed by atoms with Gasteiger partial charge in [0.1, 0.15) is 11.5 Å². The zero-order valence-electron chi connectivity index (χ0n) is 42.8. The van der Waals surface area contributed by atoms with Crippen molar-refractivity contribution in [2.45, 2.75) is 234 Å². The second kappa shape index (κ2) is 15.5.